The van der Waals surface area contributed by atoms with Crippen LogP contribution in [0, 0.1) is 6.92 Å². The van der Waals surface area contributed by atoms with Gasteiger partial charge in [0.05, 0.1) is 34.0 Å². The molecule has 0 unspecified atom stereocenters. The Morgan fingerprint density at radius 3 is 2.52 bits per heavy atom. The third kappa shape index (κ3) is 3.57. The predicted octanol–water partition coefficient (Wildman–Crippen LogP) is 4.21. The van der Waals surface area contributed by atoms with E-state index in [2.05, 4.69) is 10.4 Å². The number of alkyl halides is 3. The summed E-state index contributed by atoms with van der Waals surface area (Å²) in [6, 6.07) is 11.9. The van der Waals surface area contributed by atoms with Crippen molar-refractivity contribution in [3.63, 3.8) is 0 Å². The van der Waals surface area contributed by atoms with E-state index in [1.807, 2.05) is 19.1 Å². The number of nitrogens with zero attached hydrogens (tertiary/aromatic N) is 2. The first-order valence-electron chi connectivity index (χ1n) is 8.75. The van der Waals surface area contributed by atoms with Gasteiger partial charge < -0.3 is 5.32 Å². The molecule has 1 aromatic heterocycles. The van der Waals surface area contributed by atoms with Crippen molar-refractivity contribution in [1.29, 1.82) is 0 Å². The molecule has 1 aliphatic rings. The number of hydrogen-bond donors (Lipinski definition) is 1. The van der Waals surface area contributed by atoms with Gasteiger partial charge in [-0.25, -0.2) is 4.68 Å². The van der Waals surface area contributed by atoms with Crippen molar-refractivity contribution >= 4 is 22.5 Å². The van der Waals surface area contributed by atoms with Crippen LogP contribution in [-0.2, 0) is 28.5 Å². The number of amides is 1. The molecule has 0 bridgehead atoms. The van der Waals surface area contributed by atoms with Crippen molar-refractivity contribution in [3.05, 3.63) is 76.5 Å². The summed E-state index contributed by atoms with van der Waals surface area (Å²) in [5.74, 6) is -0.205. The number of anilines is 1. The molecule has 0 spiro atoms. The highest BCUT2D eigenvalue weighted by atomic mass is 32.2. The summed E-state index contributed by atoms with van der Waals surface area (Å²) >= 11 is 0. The van der Waals surface area contributed by atoms with Crippen LogP contribution in [-0.4, -0.2) is 19.9 Å². The number of rotatable bonds is 3. The van der Waals surface area contributed by atoms with Gasteiger partial charge in [-0.05, 0) is 30.7 Å². The Kier molecular flexibility index (Phi) is 4.77. The average Bonchev–Trinajstić information content (AvgIpc) is 3.18. The van der Waals surface area contributed by atoms with E-state index >= 15 is 0 Å². The number of halogens is 3. The molecule has 1 atom stereocenters. The molecule has 1 amide bonds. The minimum Gasteiger partial charge on any atom is -0.306 e. The van der Waals surface area contributed by atoms with Gasteiger partial charge in [-0.1, -0.05) is 30.3 Å². The van der Waals surface area contributed by atoms with Crippen LogP contribution in [0.15, 0.2) is 48.5 Å². The molecular weight excluding hydrogens is 403 g/mol. The summed E-state index contributed by atoms with van der Waals surface area (Å²) in [5.41, 5.74) is 1.23. The number of benzene rings is 2. The smallest absolute Gasteiger partial charge is 0.306 e. The lowest BCUT2D eigenvalue weighted by molar-refractivity contribution is -0.137. The van der Waals surface area contributed by atoms with Crippen molar-refractivity contribution < 1.29 is 22.2 Å². The lowest BCUT2D eigenvalue weighted by Crippen LogP contribution is -2.21. The molecule has 0 aliphatic carbocycles. The van der Waals surface area contributed by atoms with E-state index in [4.69, 9.17) is 0 Å². The first-order valence-corrected chi connectivity index (χ1v) is 10.2. The Labute approximate surface area is 167 Å². The summed E-state index contributed by atoms with van der Waals surface area (Å²) in [4.78, 5) is 12.8. The monoisotopic (exact) mass is 419 g/mol. The van der Waals surface area contributed by atoms with Crippen molar-refractivity contribution in [1.82, 2.24) is 9.78 Å². The van der Waals surface area contributed by atoms with Gasteiger partial charge in [-0.2, -0.15) is 18.3 Å². The van der Waals surface area contributed by atoms with Gasteiger partial charge in [-0.15, -0.1) is 0 Å². The summed E-state index contributed by atoms with van der Waals surface area (Å²) in [6.45, 7) is 1.87. The lowest BCUT2D eigenvalue weighted by Gasteiger charge is -2.15. The number of fused-ring (bicyclic) bond motifs is 1. The Morgan fingerprint density at radius 2 is 1.79 bits per heavy atom. The van der Waals surface area contributed by atoms with Crippen LogP contribution in [0.5, 0.6) is 0 Å². The van der Waals surface area contributed by atoms with Crippen LogP contribution in [0.3, 0.4) is 0 Å². The number of aryl methyl sites for hydroxylation is 1. The normalized spacial score (nSPS) is 15.9. The first kappa shape index (κ1) is 19.4. The lowest BCUT2D eigenvalue weighted by atomic mass is 10.1. The van der Waals surface area contributed by atoms with Gasteiger partial charge in [0.25, 0.3) is 5.91 Å². The third-order valence-electron chi connectivity index (χ3n) is 4.72. The topological polar surface area (TPSA) is 64.0 Å². The fraction of sp³-hybridized carbons (Fsp3) is 0.200. The number of hydrogen-bond acceptors (Lipinski definition) is 3. The fourth-order valence-corrected chi connectivity index (χ4v) is 4.60. The number of aromatic nitrogens is 2. The zero-order valence-corrected chi connectivity index (χ0v) is 16.1. The van der Waals surface area contributed by atoms with E-state index < -0.39 is 34.0 Å². The van der Waals surface area contributed by atoms with Gasteiger partial charge in [-0.3, -0.25) is 9.00 Å². The molecule has 1 N–H and O–H groups in total. The maximum atomic E-state index is 13.3. The van der Waals surface area contributed by atoms with E-state index in [1.54, 1.807) is 12.1 Å². The Balaban J connectivity index is 1.80. The highest BCUT2D eigenvalue weighted by molar-refractivity contribution is 7.83. The average molecular weight is 419 g/mol. The molecule has 2 aromatic carbocycles. The summed E-state index contributed by atoms with van der Waals surface area (Å²) in [6.07, 6.45) is -4.66. The van der Waals surface area contributed by atoms with Crippen molar-refractivity contribution in [2.75, 3.05) is 5.32 Å². The first-order chi connectivity index (χ1) is 13.8. The number of nitrogens with one attached hydrogen (secondary N) is 1. The molecule has 4 rings (SSSR count). The highest BCUT2D eigenvalue weighted by Gasteiger charge is 2.36. The summed E-state index contributed by atoms with van der Waals surface area (Å²) in [7, 11) is -1.15. The van der Waals surface area contributed by atoms with Crippen LogP contribution in [0.1, 0.15) is 32.7 Å². The summed E-state index contributed by atoms with van der Waals surface area (Å²) < 4.78 is 53.4. The second-order valence-corrected chi connectivity index (χ2v) is 8.16. The maximum absolute atomic E-state index is 13.3. The summed E-state index contributed by atoms with van der Waals surface area (Å²) in [5, 5.41) is 7.07. The van der Waals surface area contributed by atoms with Crippen LogP contribution in [0.4, 0.5) is 19.0 Å². The maximum Gasteiger partial charge on any atom is 0.417 e. The van der Waals surface area contributed by atoms with Crippen LogP contribution >= 0.6 is 0 Å². The molecule has 0 saturated carbocycles. The van der Waals surface area contributed by atoms with Gasteiger partial charge in [0.2, 0.25) is 0 Å². The molecule has 0 saturated heterocycles. The molecule has 0 radical (unpaired) electrons. The number of carbonyl (C=O) groups excluding carboxylic acids is 1. The molecule has 5 nitrogen and oxygen atoms in total. The second-order valence-electron chi connectivity index (χ2n) is 6.70. The Bertz CT molecular complexity index is 1140. The minimum absolute atomic E-state index is 0.192. The molecule has 29 heavy (non-hydrogen) atoms. The molecule has 9 heteroatoms. The van der Waals surface area contributed by atoms with Gasteiger partial charge in [0.15, 0.2) is 0 Å². The van der Waals surface area contributed by atoms with Crippen molar-refractivity contribution in [2.24, 2.45) is 0 Å². The van der Waals surface area contributed by atoms with Gasteiger partial charge in [0, 0.05) is 16.4 Å². The van der Waals surface area contributed by atoms with Gasteiger partial charge in [0.1, 0.15) is 5.82 Å². The highest BCUT2D eigenvalue weighted by Crippen LogP contribution is 2.35. The predicted molar refractivity (Wildman–Crippen MR) is 103 cm³/mol. The Morgan fingerprint density at radius 1 is 1.10 bits per heavy atom. The van der Waals surface area contributed by atoms with E-state index in [-0.39, 0.29) is 17.3 Å². The minimum atomic E-state index is -4.66. The van der Waals surface area contributed by atoms with E-state index in [0.29, 0.717) is 16.9 Å². The molecular formula is C20H16F3N3O2S. The van der Waals surface area contributed by atoms with Crippen LogP contribution < -0.4 is 5.32 Å². The standard InChI is InChI=1S/C20H16F3N3O2S/c1-12-6-2-5-9-17(12)26-18(14-10-29(28)11-16(14)25-26)24-19(27)13-7-3-4-8-15(13)20(21,22)23/h2-9H,10-11H2,1H3,(H,24,27)/t29-/m0/s1. The Hall–Kier alpha value is -2.94. The molecule has 1 aliphatic heterocycles. The molecule has 150 valence electrons. The molecule has 2 heterocycles. The van der Waals surface area contributed by atoms with E-state index in [9.17, 15) is 22.2 Å². The largest absolute Gasteiger partial charge is 0.417 e. The van der Waals surface area contributed by atoms with Crippen molar-refractivity contribution in [3.8, 4) is 5.69 Å². The second kappa shape index (κ2) is 7.14. The SMILES string of the molecule is Cc1ccccc1-n1nc2c(c1NC(=O)c1ccccc1C(F)(F)F)C[S@](=O)C2. The zero-order valence-electron chi connectivity index (χ0n) is 15.3. The van der Waals surface area contributed by atoms with Crippen molar-refractivity contribution in [2.45, 2.75) is 24.6 Å². The molecule has 3 aromatic rings. The molecule has 0 fully saturated rings. The third-order valence-corrected chi connectivity index (χ3v) is 5.93. The van der Waals surface area contributed by atoms with E-state index in [1.165, 1.54) is 16.8 Å². The quantitative estimate of drug-likeness (QED) is 0.692. The number of carbonyl (C=O) groups is 1. The van der Waals surface area contributed by atoms with Crippen LogP contribution in [0.25, 0.3) is 5.69 Å². The van der Waals surface area contributed by atoms with Gasteiger partial charge >= 0.3 is 6.18 Å². The van der Waals surface area contributed by atoms with Crippen LogP contribution in [0.2, 0.25) is 0 Å². The number of para-hydroxylation sites is 1. The fourth-order valence-electron chi connectivity index (χ4n) is 3.33. The van der Waals surface area contributed by atoms with E-state index in [0.717, 1.165) is 17.7 Å². The zero-order chi connectivity index (χ0) is 20.8.